The Hall–Kier alpha value is -14.5. The maximum Gasteiger partial charge on any atom is 0.346 e. The van der Waals surface area contributed by atoms with E-state index in [4.69, 9.17) is 38.3 Å². The quantitative estimate of drug-likeness (QED) is 0.0259. The van der Waals surface area contributed by atoms with Crippen molar-refractivity contribution in [2.75, 3.05) is 56.9 Å². The van der Waals surface area contributed by atoms with Crippen molar-refractivity contribution in [2.45, 2.75) is 115 Å². The van der Waals surface area contributed by atoms with Crippen LogP contribution in [-0.2, 0) is 34.6 Å². The van der Waals surface area contributed by atoms with Crippen molar-refractivity contribution in [3.8, 4) is 62.9 Å². The van der Waals surface area contributed by atoms with Gasteiger partial charge in [0, 0.05) is 10.8 Å². The van der Waals surface area contributed by atoms with E-state index >= 15 is 0 Å². The minimum absolute atomic E-state index is 0.0973. The van der Waals surface area contributed by atoms with Crippen LogP contribution >= 0.6 is 0 Å². The van der Waals surface area contributed by atoms with E-state index in [1.54, 1.807) is 108 Å². The van der Waals surface area contributed by atoms with Gasteiger partial charge >= 0.3 is 29.8 Å². The summed E-state index contributed by atoms with van der Waals surface area (Å²) in [5.74, 6) is 2.82. The normalized spacial score (nSPS) is 9.90. The van der Waals surface area contributed by atoms with Gasteiger partial charge in [0.05, 0.1) is 84.7 Å². The third-order valence-electron chi connectivity index (χ3n) is 18.1. The number of rotatable bonds is 14. The van der Waals surface area contributed by atoms with Gasteiger partial charge in [-0.15, -0.1) is 0 Å². The number of cyclic esters (lactones) is 2. The third-order valence-corrected chi connectivity index (χ3v) is 18.1. The second-order valence-electron chi connectivity index (χ2n) is 25.6. The number of aryl methyl sites for hydroxylation is 1. The molecule has 126 heavy (non-hydrogen) atoms. The standard InChI is InChI=1S/C21H20O3.C16H18O2.2C13H12O2.C10H6O5.C8H8O2.2C7H8O.C2H4O.5C2H6/c1-21(15-3-9-18(22)10-4-15,16-5-11-19(23)12-6-16)17-7-13-20(24-2)14-8-17;1-16(2,12-4-8-14(17)9-5-12)13-6-10-15(18-3)11-7-13;1-15-13-8-4-11(5-9-13)10-2-6-12(14)7-3-10;1-9-11-6-4-3-5-10(11)7-8-12(9)13(14)15-2;1-14-8(11)5-2-3-6-7(4-5)10(13)15-9(6)12;1-10-8(9)7-5-3-2-4-6-7;2*1-8-7-5-3-2-4-6-7;1-2-3;5*1-2/h3-14,22-23H,1-2H3;4-11,17H,1-3H3;2-9,14H,1H3;3-8H,1-2H3;2-4H,1H3;2-6H,1H3;2*2-6H,1H3;2H,1H3;5*1-2H3. The minimum Gasteiger partial charge on any atom is -0.508 e. The van der Waals surface area contributed by atoms with Crippen LogP contribution in [0, 0.1) is 6.92 Å². The van der Waals surface area contributed by atoms with Crippen LogP contribution in [0.2, 0.25) is 0 Å². The number of para-hydroxylation sites is 2. The molecule has 4 N–H and O–H groups in total. The Morgan fingerprint density at radius 1 is 0.317 bits per heavy atom. The van der Waals surface area contributed by atoms with E-state index < -0.39 is 23.3 Å². The summed E-state index contributed by atoms with van der Waals surface area (Å²) < 4.78 is 43.4. The molecule has 1 heterocycles. The molecule has 0 amide bonds. The summed E-state index contributed by atoms with van der Waals surface area (Å²) in [6.07, 6.45) is 0.750. The number of carbonyl (C=O) groups excluding carboxylic acids is 6. The van der Waals surface area contributed by atoms with Gasteiger partial charge in [-0.1, -0.05) is 253 Å². The van der Waals surface area contributed by atoms with Gasteiger partial charge in [0.1, 0.15) is 58.0 Å². The van der Waals surface area contributed by atoms with Gasteiger partial charge in [-0.25, -0.2) is 24.0 Å². The Morgan fingerprint density at radius 2 is 0.603 bits per heavy atom. The monoisotopic (exact) mass is 1710 g/mol. The van der Waals surface area contributed by atoms with Crippen LogP contribution in [0.3, 0.4) is 0 Å². The lowest BCUT2D eigenvalue weighted by atomic mass is 9.71. The molecule has 13 aromatic rings. The zero-order chi connectivity index (χ0) is 94.6. The fourth-order valence-corrected chi connectivity index (χ4v) is 11.4. The molecule has 13 aromatic carbocycles. The molecular weight excluding hydrogens is 1590 g/mol. The van der Waals surface area contributed by atoms with E-state index in [2.05, 4.69) is 47.1 Å². The number of methoxy groups -OCH3 is 8. The van der Waals surface area contributed by atoms with E-state index in [0.717, 1.165) is 79.2 Å². The van der Waals surface area contributed by atoms with E-state index in [1.165, 1.54) is 57.6 Å². The number of hydrogen-bond acceptors (Lipinski definition) is 19. The van der Waals surface area contributed by atoms with E-state index in [-0.39, 0.29) is 51.3 Å². The smallest absolute Gasteiger partial charge is 0.346 e. The third kappa shape index (κ3) is 35.5. The Kier molecular flexibility index (Phi) is 53.7. The van der Waals surface area contributed by atoms with Gasteiger partial charge in [-0.3, -0.25) is 0 Å². The van der Waals surface area contributed by atoms with E-state index in [1.807, 2.05) is 288 Å². The molecule has 1 aliphatic rings. The van der Waals surface area contributed by atoms with Crippen LogP contribution in [0.5, 0.6) is 51.7 Å². The van der Waals surface area contributed by atoms with Crippen molar-refractivity contribution in [3.05, 3.63) is 377 Å². The molecule has 0 spiro atoms. The number of fused-ring (bicyclic) bond motifs is 2. The molecule has 0 saturated heterocycles. The zero-order valence-electron chi connectivity index (χ0n) is 77.0. The fraction of sp³-hybridized carbons (Fsp3) is 0.234. The molecule has 0 aromatic heterocycles. The molecule has 14 rings (SSSR count). The van der Waals surface area contributed by atoms with Gasteiger partial charge in [0.25, 0.3) is 0 Å². The highest BCUT2D eigenvalue weighted by atomic mass is 16.6. The summed E-state index contributed by atoms with van der Waals surface area (Å²) in [5.41, 5.74) is 9.94. The molecule has 0 aliphatic carbocycles. The van der Waals surface area contributed by atoms with Gasteiger partial charge in [-0.05, 0) is 222 Å². The van der Waals surface area contributed by atoms with Crippen molar-refractivity contribution in [3.63, 3.8) is 0 Å². The number of aldehydes is 1. The number of esters is 5. The molecule has 19 nitrogen and oxygen atoms in total. The largest absolute Gasteiger partial charge is 0.508 e. The molecular formula is C107H126O19. The van der Waals surface area contributed by atoms with Crippen molar-refractivity contribution in [1.29, 1.82) is 0 Å². The minimum atomic E-state index is -0.735. The summed E-state index contributed by atoms with van der Waals surface area (Å²) in [5, 5.41) is 40.0. The van der Waals surface area contributed by atoms with Crippen LogP contribution in [-0.4, -0.2) is 113 Å². The lowest BCUT2D eigenvalue weighted by Gasteiger charge is -2.32. The summed E-state index contributed by atoms with van der Waals surface area (Å²) in [6, 6.07) is 96.9. The molecule has 0 fully saturated rings. The highest BCUT2D eigenvalue weighted by Crippen LogP contribution is 2.41. The first kappa shape index (κ1) is 110. The summed E-state index contributed by atoms with van der Waals surface area (Å²) in [7, 11) is 12.3. The second kappa shape index (κ2) is 61.8. The highest BCUT2D eigenvalue weighted by molar-refractivity contribution is 6.15. The highest BCUT2D eigenvalue weighted by Gasteiger charge is 2.32. The predicted octanol–water partition coefficient (Wildman–Crippen LogP) is 25.2. The number of benzene rings is 13. The second-order valence-corrected chi connectivity index (χ2v) is 25.6. The van der Waals surface area contributed by atoms with E-state index in [0.29, 0.717) is 16.9 Å². The molecule has 1 aliphatic heterocycles. The lowest BCUT2D eigenvalue weighted by molar-refractivity contribution is -0.106. The van der Waals surface area contributed by atoms with Crippen molar-refractivity contribution in [2.24, 2.45) is 0 Å². The predicted molar refractivity (Wildman–Crippen MR) is 508 cm³/mol. The number of phenols is 4. The first-order valence-corrected chi connectivity index (χ1v) is 41.2. The molecule has 19 heteroatoms. The van der Waals surface area contributed by atoms with Gasteiger partial charge < -0.3 is 67.9 Å². The average molecular weight is 1720 g/mol. The molecule has 0 unspecified atom stereocenters. The van der Waals surface area contributed by atoms with Crippen LogP contribution in [0.25, 0.3) is 21.9 Å². The Morgan fingerprint density at radius 3 is 0.960 bits per heavy atom. The summed E-state index contributed by atoms with van der Waals surface area (Å²) in [4.78, 5) is 64.4. The maximum atomic E-state index is 11.5. The average Bonchev–Trinajstić information content (AvgIpc) is 0.776. The van der Waals surface area contributed by atoms with Gasteiger partial charge in [0.15, 0.2) is 0 Å². The van der Waals surface area contributed by atoms with Crippen molar-refractivity contribution >= 4 is 46.9 Å². The Balaban J connectivity index is 0.000000719. The summed E-state index contributed by atoms with van der Waals surface area (Å²) in [6.45, 7) is 29.9. The SMILES string of the molecule is CC.CC.CC.CC.CC.CC=O.COC(=O)c1ccc2c(c1)C(=O)OC2=O.COC(=O)c1ccc2ccccc2c1C.COC(=O)c1ccccc1.COc1ccc(-c2ccc(O)cc2)cc1.COc1ccc(C(C)(C)c2ccc(O)cc2)cc1.COc1ccc(C(C)(c2ccc(O)cc2)c2ccc(O)cc2)cc1.COc1ccccc1.COc1ccccc1. The number of hydrogen-bond donors (Lipinski definition) is 4. The van der Waals surface area contributed by atoms with Crippen molar-refractivity contribution < 1.29 is 91.8 Å². The molecule has 668 valence electrons. The zero-order valence-corrected chi connectivity index (χ0v) is 77.0. The maximum absolute atomic E-state index is 11.5. The molecule has 0 saturated carbocycles. The number of aromatic hydroxyl groups is 4. The molecule has 0 bridgehead atoms. The first-order chi connectivity index (χ1) is 60.9. The Bertz CT molecular complexity index is 5090. The van der Waals surface area contributed by atoms with Crippen molar-refractivity contribution in [1.82, 2.24) is 0 Å². The summed E-state index contributed by atoms with van der Waals surface area (Å²) >= 11 is 0. The number of phenolic OH excluding ortho intramolecular Hbond substituents is 4. The lowest BCUT2D eigenvalue weighted by Crippen LogP contribution is -2.25. The molecule has 0 atom stereocenters. The van der Waals surface area contributed by atoms with Crippen LogP contribution in [0.15, 0.2) is 315 Å². The number of carbonyl (C=O) groups is 6. The van der Waals surface area contributed by atoms with Gasteiger partial charge in [-0.2, -0.15) is 0 Å². The van der Waals surface area contributed by atoms with Gasteiger partial charge in [0.2, 0.25) is 0 Å². The van der Waals surface area contributed by atoms with Crippen LogP contribution in [0.4, 0.5) is 0 Å². The topological polar surface area (TPSA) is 266 Å². The Labute approximate surface area is 745 Å². The fourth-order valence-electron chi connectivity index (χ4n) is 11.4. The molecule has 0 radical (unpaired) electrons. The van der Waals surface area contributed by atoms with Crippen LogP contribution in [0.1, 0.15) is 182 Å². The van der Waals surface area contributed by atoms with Crippen LogP contribution < -0.4 is 23.7 Å². The number of ether oxygens (including phenoxy) is 9. The van der Waals surface area contributed by atoms with E-state index in [9.17, 15) is 39.3 Å². The first-order valence-electron chi connectivity index (χ1n) is 41.2.